The lowest BCUT2D eigenvalue weighted by Gasteiger charge is -2.09. The molecule has 0 amide bonds. The van der Waals surface area contributed by atoms with Crippen molar-refractivity contribution in [3.63, 3.8) is 0 Å². The second-order valence-corrected chi connectivity index (χ2v) is 4.63. The minimum atomic E-state index is 0.0898. The average Bonchev–Trinajstić information content (AvgIpc) is 2.13. The third kappa shape index (κ3) is 2.92. The van der Waals surface area contributed by atoms with Crippen LogP contribution in [0.25, 0.3) is 0 Å². The van der Waals surface area contributed by atoms with Crippen molar-refractivity contribution in [3.05, 3.63) is 19.7 Å². The molecule has 78 valence electrons. The van der Waals surface area contributed by atoms with Crippen LogP contribution in [-0.2, 0) is 4.74 Å². The van der Waals surface area contributed by atoms with Gasteiger partial charge in [0.1, 0.15) is 16.1 Å². The van der Waals surface area contributed by atoms with E-state index < -0.39 is 0 Å². The molecule has 0 aliphatic rings. The second-order valence-electron chi connectivity index (χ2n) is 2.83. The summed E-state index contributed by atoms with van der Waals surface area (Å²) < 4.78 is 5.68. The number of halogens is 3. The molecule has 1 aromatic rings. The van der Waals surface area contributed by atoms with Gasteiger partial charge in [-0.05, 0) is 22.6 Å². The van der Waals surface area contributed by atoms with E-state index in [1.165, 1.54) is 0 Å². The summed E-state index contributed by atoms with van der Waals surface area (Å²) in [5, 5.41) is 0.784. The van der Waals surface area contributed by atoms with Crippen molar-refractivity contribution in [2.75, 3.05) is 13.7 Å². The van der Waals surface area contributed by atoms with Crippen molar-refractivity contribution < 1.29 is 4.74 Å². The van der Waals surface area contributed by atoms with Gasteiger partial charge in [-0.25, -0.2) is 9.97 Å². The average molecular weight is 347 g/mol. The zero-order valence-electron chi connectivity index (χ0n) is 7.72. The Labute approximate surface area is 106 Å². The summed E-state index contributed by atoms with van der Waals surface area (Å²) in [5.74, 6) is 0.703. The first-order chi connectivity index (χ1) is 6.56. The van der Waals surface area contributed by atoms with E-state index in [1.807, 2.05) is 29.5 Å². The lowest BCUT2D eigenvalue weighted by molar-refractivity contribution is 0.181. The number of hydrogen-bond acceptors (Lipinski definition) is 3. The van der Waals surface area contributed by atoms with Crippen LogP contribution in [0.3, 0.4) is 0 Å². The van der Waals surface area contributed by atoms with E-state index in [0.717, 1.165) is 0 Å². The van der Waals surface area contributed by atoms with Crippen LogP contribution in [0, 0.1) is 3.57 Å². The Hall–Kier alpha value is 0.350. The summed E-state index contributed by atoms with van der Waals surface area (Å²) in [6.07, 6.45) is 0. The van der Waals surface area contributed by atoms with Crippen LogP contribution >= 0.6 is 45.8 Å². The van der Waals surface area contributed by atoms with E-state index >= 15 is 0 Å². The van der Waals surface area contributed by atoms with E-state index in [1.54, 1.807) is 7.11 Å². The predicted octanol–water partition coefficient (Wildman–Crippen LogP) is 3.14. The fraction of sp³-hybridized carbons (Fsp3) is 0.500. The first-order valence-electron chi connectivity index (χ1n) is 3.93. The van der Waals surface area contributed by atoms with Gasteiger partial charge in [0, 0.05) is 13.0 Å². The minimum Gasteiger partial charge on any atom is -0.384 e. The van der Waals surface area contributed by atoms with Crippen molar-refractivity contribution in [1.29, 1.82) is 0 Å². The summed E-state index contributed by atoms with van der Waals surface area (Å²) in [7, 11) is 1.63. The molecule has 1 rings (SSSR count). The van der Waals surface area contributed by atoms with Gasteiger partial charge in [0.05, 0.1) is 10.2 Å². The standard InChI is InChI=1S/C8H9Cl2IN2O/c1-4(3-14-2)8-12-6(9)5(11)7(10)13-8/h4H,3H2,1-2H3. The van der Waals surface area contributed by atoms with Crippen molar-refractivity contribution >= 4 is 45.8 Å². The molecule has 1 heterocycles. The van der Waals surface area contributed by atoms with Crippen molar-refractivity contribution in [2.45, 2.75) is 12.8 Å². The van der Waals surface area contributed by atoms with Gasteiger partial charge in [-0.3, -0.25) is 0 Å². The van der Waals surface area contributed by atoms with E-state index in [-0.39, 0.29) is 5.92 Å². The Morgan fingerprint density at radius 3 is 2.29 bits per heavy atom. The molecule has 1 atom stereocenters. The molecule has 0 N–H and O–H groups in total. The smallest absolute Gasteiger partial charge is 0.147 e. The summed E-state index contributed by atoms with van der Waals surface area (Å²) >= 11 is 13.8. The Morgan fingerprint density at radius 2 is 1.86 bits per heavy atom. The molecular formula is C8H9Cl2IN2O. The number of nitrogens with zero attached hydrogens (tertiary/aromatic N) is 2. The van der Waals surface area contributed by atoms with E-state index in [4.69, 9.17) is 27.9 Å². The fourth-order valence-electron chi connectivity index (χ4n) is 0.954. The Bertz CT molecular complexity index is 312. The minimum absolute atomic E-state index is 0.0898. The van der Waals surface area contributed by atoms with Crippen LogP contribution < -0.4 is 0 Å². The van der Waals surface area contributed by atoms with Gasteiger partial charge in [-0.1, -0.05) is 30.1 Å². The first-order valence-corrected chi connectivity index (χ1v) is 5.77. The molecule has 1 unspecified atom stereocenters. The lowest BCUT2D eigenvalue weighted by atomic mass is 10.2. The van der Waals surface area contributed by atoms with Crippen molar-refractivity contribution in [1.82, 2.24) is 9.97 Å². The SMILES string of the molecule is COCC(C)c1nc(Cl)c(I)c(Cl)n1. The second kappa shape index (κ2) is 5.44. The molecule has 1 aromatic heterocycles. The molecule has 0 fully saturated rings. The van der Waals surface area contributed by atoms with Crippen LogP contribution in [0.1, 0.15) is 18.7 Å². The summed E-state index contributed by atoms with van der Waals surface area (Å²) in [6, 6.07) is 0. The Kier molecular flexibility index (Phi) is 4.82. The summed E-state index contributed by atoms with van der Waals surface area (Å²) in [5.41, 5.74) is 0. The normalized spacial score (nSPS) is 12.9. The van der Waals surface area contributed by atoms with Gasteiger partial charge in [0.15, 0.2) is 0 Å². The molecule has 3 nitrogen and oxygen atoms in total. The van der Waals surface area contributed by atoms with Crippen LogP contribution in [0.2, 0.25) is 10.3 Å². The maximum Gasteiger partial charge on any atom is 0.147 e. The molecule has 0 bridgehead atoms. The molecule has 0 saturated heterocycles. The highest BCUT2D eigenvalue weighted by Crippen LogP contribution is 2.25. The zero-order chi connectivity index (χ0) is 10.7. The van der Waals surface area contributed by atoms with E-state index in [0.29, 0.717) is 26.3 Å². The third-order valence-corrected chi connectivity index (χ3v) is 3.85. The number of aromatic nitrogens is 2. The van der Waals surface area contributed by atoms with Gasteiger partial charge in [-0.2, -0.15) is 0 Å². The number of rotatable bonds is 3. The molecule has 0 aliphatic heterocycles. The predicted molar refractivity (Wildman–Crippen MR) is 65.1 cm³/mol. The monoisotopic (exact) mass is 346 g/mol. The van der Waals surface area contributed by atoms with Gasteiger partial charge in [-0.15, -0.1) is 0 Å². The maximum absolute atomic E-state index is 5.88. The largest absolute Gasteiger partial charge is 0.384 e. The fourth-order valence-corrected chi connectivity index (χ4v) is 1.60. The van der Waals surface area contributed by atoms with Gasteiger partial charge in [0.25, 0.3) is 0 Å². The quantitative estimate of drug-likeness (QED) is 0.623. The Balaban J connectivity index is 3.00. The van der Waals surface area contributed by atoms with Gasteiger partial charge in [0.2, 0.25) is 0 Å². The van der Waals surface area contributed by atoms with Gasteiger partial charge < -0.3 is 4.74 Å². The number of hydrogen-bond donors (Lipinski definition) is 0. The lowest BCUT2D eigenvalue weighted by Crippen LogP contribution is -2.08. The molecule has 14 heavy (non-hydrogen) atoms. The molecule has 0 aliphatic carbocycles. The summed E-state index contributed by atoms with van der Waals surface area (Å²) in [4.78, 5) is 8.27. The first kappa shape index (κ1) is 12.4. The highest BCUT2D eigenvalue weighted by molar-refractivity contribution is 14.1. The van der Waals surface area contributed by atoms with E-state index in [2.05, 4.69) is 9.97 Å². The molecule has 0 spiro atoms. The van der Waals surface area contributed by atoms with Crippen LogP contribution in [0.5, 0.6) is 0 Å². The highest BCUT2D eigenvalue weighted by atomic mass is 127. The van der Waals surface area contributed by atoms with Crippen LogP contribution in [0.15, 0.2) is 0 Å². The maximum atomic E-state index is 5.88. The zero-order valence-corrected chi connectivity index (χ0v) is 11.4. The molecule has 0 radical (unpaired) electrons. The van der Waals surface area contributed by atoms with E-state index in [9.17, 15) is 0 Å². The third-order valence-electron chi connectivity index (χ3n) is 1.65. The topological polar surface area (TPSA) is 35.0 Å². The van der Waals surface area contributed by atoms with Crippen LogP contribution in [-0.4, -0.2) is 23.7 Å². The Morgan fingerprint density at radius 1 is 1.36 bits per heavy atom. The van der Waals surface area contributed by atoms with Crippen molar-refractivity contribution in [3.8, 4) is 0 Å². The van der Waals surface area contributed by atoms with Crippen LogP contribution in [0.4, 0.5) is 0 Å². The highest BCUT2D eigenvalue weighted by Gasteiger charge is 2.13. The molecule has 0 aromatic carbocycles. The molecule has 0 saturated carbocycles. The summed E-state index contributed by atoms with van der Waals surface area (Å²) in [6.45, 7) is 2.51. The number of methoxy groups -OCH3 is 1. The van der Waals surface area contributed by atoms with Crippen molar-refractivity contribution in [2.24, 2.45) is 0 Å². The molecular weight excluding hydrogens is 338 g/mol. The molecule has 6 heteroatoms. The van der Waals surface area contributed by atoms with Gasteiger partial charge >= 0.3 is 0 Å². The number of ether oxygens (including phenoxy) is 1.